The molecule has 1 aromatic carbocycles. The lowest BCUT2D eigenvalue weighted by molar-refractivity contribution is -0.123. The Hall–Kier alpha value is -1.55. The highest BCUT2D eigenvalue weighted by Gasteiger charge is 2.25. The SMILES string of the molecule is CCCOc1ccc(NC(=O)C(C)(C)CN)cc1. The second-order valence-corrected chi connectivity index (χ2v) is 4.91. The molecule has 0 saturated carbocycles. The maximum atomic E-state index is 11.9. The van der Waals surface area contributed by atoms with Crippen molar-refractivity contribution in [2.75, 3.05) is 18.5 Å². The summed E-state index contributed by atoms with van der Waals surface area (Å²) in [5.41, 5.74) is 5.76. The Morgan fingerprint density at radius 1 is 1.33 bits per heavy atom. The normalized spacial score (nSPS) is 11.1. The van der Waals surface area contributed by atoms with E-state index in [1.54, 1.807) is 0 Å². The number of hydrogen-bond acceptors (Lipinski definition) is 3. The minimum Gasteiger partial charge on any atom is -0.494 e. The van der Waals surface area contributed by atoms with E-state index in [9.17, 15) is 4.79 Å². The molecule has 1 aromatic rings. The highest BCUT2D eigenvalue weighted by molar-refractivity contribution is 5.94. The lowest BCUT2D eigenvalue weighted by Gasteiger charge is -2.21. The Kier molecular flexibility index (Phi) is 5.16. The monoisotopic (exact) mass is 250 g/mol. The van der Waals surface area contributed by atoms with Crippen LogP contribution in [-0.4, -0.2) is 19.1 Å². The first-order chi connectivity index (χ1) is 8.49. The predicted octanol–water partition coefficient (Wildman–Crippen LogP) is 2.40. The van der Waals surface area contributed by atoms with Gasteiger partial charge >= 0.3 is 0 Å². The van der Waals surface area contributed by atoms with E-state index < -0.39 is 5.41 Å². The van der Waals surface area contributed by atoms with Crippen LogP contribution < -0.4 is 15.8 Å². The standard InChI is InChI=1S/C14H22N2O2/c1-4-9-18-12-7-5-11(6-8-12)16-13(17)14(2,3)10-15/h5-8H,4,9-10,15H2,1-3H3,(H,16,17). The van der Waals surface area contributed by atoms with Gasteiger partial charge in [-0.15, -0.1) is 0 Å². The quantitative estimate of drug-likeness (QED) is 0.814. The number of rotatable bonds is 6. The largest absolute Gasteiger partial charge is 0.494 e. The highest BCUT2D eigenvalue weighted by atomic mass is 16.5. The zero-order valence-electron chi connectivity index (χ0n) is 11.3. The first-order valence-electron chi connectivity index (χ1n) is 6.24. The van der Waals surface area contributed by atoms with Gasteiger partial charge in [0.1, 0.15) is 5.75 Å². The van der Waals surface area contributed by atoms with Crippen LogP contribution in [0.4, 0.5) is 5.69 Å². The molecule has 0 spiro atoms. The zero-order valence-corrected chi connectivity index (χ0v) is 11.3. The van der Waals surface area contributed by atoms with Crippen LogP contribution in [0.15, 0.2) is 24.3 Å². The molecule has 4 heteroatoms. The number of hydrogen-bond donors (Lipinski definition) is 2. The number of nitrogens with one attached hydrogen (secondary N) is 1. The molecule has 1 rings (SSSR count). The van der Waals surface area contributed by atoms with E-state index in [0.29, 0.717) is 13.2 Å². The number of amides is 1. The van der Waals surface area contributed by atoms with Crippen molar-refractivity contribution >= 4 is 11.6 Å². The van der Waals surface area contributed by atoms with Crippen LogP contribution in [0.3, 0.4) is 0 Å². The van der Waals surface area contributed by atoms with E-state index >= 15 is 0 Å². The summed E-state index contributed by atoms with van der Waals surface area (Å²) in [4.78, 5) is 11.9. The summed E-state index contributed by atoms with van der Waals surface area (Å²) in [6, 6.07) is 7.35. The maximum absolute atomic E-state index is 11.9. The van der Waals surface area contributed by atoms with E-state index in [1.165, 1.54) is 0 Å². The van der Waals surface area contributed by atoms with Crippen molar-refractivity contribution in [3.63, 3.8) is 0 Å². The number of benzene rings is 1. The van der Waals surface area contributed by atoms with Gasteiger partial charge in [-0.3, -0.25) is 4.79 Å². The number of carbonyl (C=O) groups excluding carboxylic acids is 1. The first-order valence-corrected chi connectivity index (χ1v) is 6.24. The van der Waals surface area contributed by atoms with Gasteiger partial charge in [0.05, 0.1) is 12.0 Å². The van der Waals surface area contributed by atoms with Crippen molar-refractivity contribution < 1.29 is 9.53 Å². The summed E-state index contributed by atoms with van der Waals surface area (Å²) in [5, 5.41) is 2.84. The van der Waals surface area contributed by atoms with E-state index in [4.69, 9.17) is 10.5 Å². The minimum absolute atomic E-state index is 0.0766. The van der Waals surface area contributed by atoms with E-state index in [1.807, 2.05) is 38.1 Å². The fraction of sp³-hybridized carbons (Fsp3) is 0.500. The van der Waals surface area contributed by atoms with Gasteiger partial charge in [0.15, 0.2) is 0 Å². The van der Waals surface area contributed by atoms with Crippen LogP contribution in [0, 0.1) is 5.41 Å². The van der Waals surface area contributed by atoms with Crippen LogP contribution in [-0.2, 0) is 4.79 Å². The molecule has 0 aliphatic rings. The van der Waals surface area contributed by atoms with Crippen molar-refractivity contribution in [2.24, 2.45) is 11.1 Å². The second kappa shape index (κ2) is 6.40. The Morgan fingerprint density at radius 2 is 1.94 bits per heavy atom. The molecule has 18 heavy (non-hydrogen) atoms. The molecular formula is C14H22N2O2. The Labute approximate surface area is 109 Å². The molecule has 0 saturated heterocycles. The Morgan fingerprint density at radius 3 is 2.44 bits per heavy atom. The van der Waals surface area contributed by atoms with Crippen molar-refractivity contribution in [1.29, 1.82) is 0 Å². The third kappa shape index (κ3) is 4.04. The van der Waals surface area contributed by atoms with Gasteiger partial charge in [-0.2, -0.15) is 0 Å². The number of anilines is 1. The summed E-state index contributed by atoms with van der Waals surface area (Å²) in [7, 11) is 0. The second-order valence-electron chi connectivity index (χ2n) is 4.91. The molecular weight excluding hydrogens is 228 g/mol. The number of nitrogens with two attached hydrogens (primary N) is 1. The van der Waals surface area contributed by atoms with Gasteiger partial charge in [-0.1, -0.05) is 6.92 Å². The van der Waals surface area contributed by atoms with E-state index in [-0.39, 0.29) is 5.91 Å². The van der Waals surface area contributed by atoms with Crippen molar-refractivity contribution in [2.45, 2.75) is 27.2 Å². The topological polar surface area (TPSA) is 64.3 Å². The average molecular weight is 250 g/mol. The summed E-state index contributed by atoms with van der Waals surface area (Å²) in [5.74, 6) is 0.736. The third-order valence-corrected chi connectivity index (χ3v) is 2.71. The highest BCUT2D eigenvalue weighted by Crippen LogP contribution is 2.19. The van der Waals surface area contributed by atoms with E-state index in [2.05, 4.69) is 12.2 Å². The van der Waals surface area contributed by atoms with Gasteiger partial charge in [-0.25, -0.2) is 0 Å². The van der Waals surface area contributed by atoms with Crippen LogP contribution in [0.1, 0.15) is 27.2 Å². The molecule has 0 radical (unpaired) electrons. The molecule has 1 amide bonds. The Balaban J connectivity index is 2.61. The summed E-state index contributed by atoms with van der Waals surface area (Å²) < 4.78 is 5.47. The minimum atomic E-state index is -0.558. The Bertz CT molecular complexity index is 385. The van der Waals surface area contributed by atoms with Crippen LogP contribution >= 0.6 is 0 Å². The number of ether oxygens (including phenoxy) is 1. The van der Waals surface area contributed by atoms with Crippen molar-refractivity contribution in [3.05, 3.63) is 24.3 Å². The van der Waals surface area contributed by atoms with Gasteiger partial charge < -0.3 is 15.8 Å². The molecule has 0 unspecified atom stereocenters. The molecule has 0 bridgehead atoms. The molecule has 0 heterocycles. The number of carbonyl (C=O) groups is 1. The van der Waals surface area contributed by atoms with Crippen LogP contribution in [0.5, 0.6) is 5.75 Å². The summed E-state index contributed by atoms with van der Waals surface area (Å²) in [6.07, 6.45) is 0.975. The zero-order chi connectivity index (χ0) is 13.6. The first kappa shape index (κ1) is 14.5. The molecule has 3 N–H and O–H groups in total. The van der Waals surface area contributed by atoms with Crippen LogP contribution in [0.25, 0.3) is 0 Å². The van der Waals surface area contributed by atoms with Crippen molar-refractivity contribution in [1.82, 2.24) is 0 Å². The van der Waals surface area contributed by atoms with Gasteiger partial charge in [0, 0.05) is 12.2 Å². The smallest absolute Gasteiger partial charge is 0.231 e. The lowest BCUT2D eigenvalue weighted by Crippen LogP contribution is -2.37. The van der Waals surface area contributed by atoms with Crippen LogP contribution in [0.2, 0.25) is 0 Å². The molecule has 0 aromatic heterocycles. The van der Waals surface area contributed by atoms with Crippen molar-refractivity contribution in [3.8, 4) is 5.75 Å². The van der Waals surface area contributed by atoms with Gasteiger partial charge in [0.2, 0.25) is 5.91 Å². The fourth-order valence-electron chi connectivity index (χ4n) is 1.25. The fourth-order valence-corrected chi connectivity index (χ4v) is 1.25. The van der Waals surface area contributed by atoms with E-state index in [0.717, 1.165) is 17.9 Å². The molecule has 0 aliphatic carbocycles. The van der Waals surface area contributed by atoms with Gasteiger partial charge in [0.25, 0.3) is 0 Å². The maximum Gasteiger partial charge on any atom is 0.231 e. The molecule has 0 aliphatic heterocycles. The molecule has 0 atom stereocenters. The predicted molar refractivity (Wildman–Crippen MR) is 73.7 cm³/mol. The molecule has 100 valence electrons. The average Bonchev–Trinajstić information content (AvgIpc) is 2.37. The van der Waals surface area contributed by atoms with Gasteiger partial charge in [-0.05, 0) is 44.5 Å². The molecule has 4 nitrogen and oxygen atoms in total. The molecule has 0 fully saturated rings. The third-order valence-electron chi connectivity index (χ3n) is 2.71. The summed E-state index contributed by atoms with van der Waals surface area (Å²) in [6.45, 7) is 6.72. The lowest BCUT2D eigenvalue weighted by atomic mass is 9.92. The summed E-state index contributed by atoms with van der Waals surface area (Å²) >= 11 is 0.